The largest absolute Gasteiger partial charge is 0.352 e. The molecular weight excluding hydrogens is 386 g/mol. The average molecular weight is 407 g/mol. The zero-order valence-electron chi connectivity index (χ0n) is 16.7. The van der Waals surface area contributed by atoms with E-state index in [2.05, 4.69) is 15.3 Å². The third-order valence-corrected chi connectivity index (χ3v) is 5.09. The molecule has 1 aromatic carbocycles. The van der Waals surface area contributed by atoms with E-state index in [-0.39, 0.29) is 17.2 Å². The predicted molar refractivity (Wildman–Crippen MR) is 110 cm³/mol. The first-order valence-corrected chi connectivity index (χ1v) is 9.59. The Morgan fingerprint density at radius 2 is 1.67 bits per heavy atom. The number of nitrogens with zero attached hydrogens (tertiary/aromatic N) is 7. The van der Waals surface area contributed by atoms with Gasteiger partial charge in [-0.1, -0.05) is 12.1 Å². The summed E-state index contributed by atoms with van der Waals surface area (Å²) >= 11 is 0. The lowest BCUT2D eigenvalue weighted by Crippen LogP contribution is -2.49. The summed E-state index contributed by atoms with van der Waals surface area (Å²) in [6, 6.07) is 11.8. The normalized spacial score (nSPS) is 14.1. The van der Waals surface area contributed by atoms with Crippen LogP contribution in [0.5, 0.6) is 0 Å². The van der Waals surface area contributed by atoms with Gasteiger partial charge in [-0.05, 0) is 38.1 Å². The van der Waals surface area contributed by atoms with Gasteiger partial charge < -0.3 is 9.80 Å². The highest BCUT2D eigenvalue weighted by molar-refractivity contribution is 5.98. The van der Waals surface area contributed by atoms with Gasteiger partial charge >= 0.3 is 0 Å². The lowest BCUT2D eigenvalue weighted by molar-refractivity contribution is -0.385. The molecule has 3 heterocycles. The summed E-state index contributed by atoms with van der Waals surface area (Å²) in [6.45, 7) is 5.93. The van der Waals surface area contributed by atoms with Crippen LogP contribution in [0.25, 0.3) is 5.82 Å². The molecule has 0 saturated carbocycles. The van der Waals surface area contributed by atoms with Gasteiger partial charge in [0, 0.05) is 37.9 Å². The number of aromatic nitrogens is 4. The monoisotopic (exact) mass is 407 g/mol. The van der Waals surface area contributed by atoms with Gasteiger partial charge in [0.05, 0.1) is 10.6 Å². The van der Waals surface area contributed by atoms with Crippen molar-refractivity contribution in [1.29, 1.82) is 0 Å². The Kier molecular flexibility index (Phi) is 5.13. The third kappa shape index (κ3) is 3.71. The number of carbonyl (C=O) groups is 1. The van der Waals surface area contributed by atoms with Gasteiger partial charge in [-0.25, -0.2) is 4.68 Å². The molecule has 0 radical (unpaired) electrons. The molecule has 10 heteroatoms. The van der Waals surface area contributed by atoms with Crippen LogP contribution in [0.1, 0.15) is 21.7 Å². The maximum absolute atomic E-state index is 12.8. The zero-order valence-corrected chi connectivity index (χ0v) is 16.7. The number of hydrogen-bond donors (Lipinski definition) is 0. The van der Waals surface area contributed by atoms with E-state index in [1.165, 1.54) is 12.1 Å². The molecule has 30 heavy (non-hydrogen) atoms. The summed E-state index contributed by atoms with van der Waals surface area (Å²) in [5, 5.41) is 24.2. The van der Waals surface area contributed by atoms with E-state index in [9.17, 15) is 14.9 Å². The molecule has 0 aliphatic carbocycles. The summed E-state index contributed by atoms with van der Waals surface area (Å²) in [5.74, 6) is 1.04. The summed E-state index contributed by atoms with van der Waals surface area (Å²) in [4.78, 5) is 27.1. The van der Waals surface area contributed by atoms with Crippen LogP contribution in [0.3, 0.4) is 0 Å². The van der Waals surface area contributed by atoms with Crippen molar-refractivity contribution in [2.45, 2.75) is 13.8 Å². The minimum atomic E-state index is -0.524. The number of benzene rings is 1. The predicted octanol–water partition coefficient (Wildman–Crippen LogP) is 2.15. The van der Waals surface area contributed by atoms with Gasteiger partial charge in [0.15, 0.2) is 11.6 Å². The first-order chi connectivity index (χ1) is 14.4. The van der Waals surface area contributed by atoms with Gasteiger partial charge in [-0.2, -0.15) is 5.10 Å². The first-order valence-electron chi connectivity index (χ1n) is 9.59. The molecule has 4 rings (SSSR count). The molecule has 154 valence electrons. The Labute approximate surface area is 172 Å². The van der Waals surface area contributed by atoms with Crippen LogP contribution in [-0.4, -0.2) is 61.9 Å². The lowest BCUT2D eigenvalue weighted by Gasteiger charge is -2.35. The minimum absolute atomic E-state index is 0.116. The van der Waals surface area contributed by atoms with Gasteiger partial charge in [0.1, 0.15) is 5.56 Å². The lowest BCUT2D eigenvalue weighted by atomic mass is 10.1. The second-order valence-corrected chi connectivity index (χ2v) is 7.14. The van der Waals surface area contributed by atoms with Gasteiger partial charge in [0.25, 0.3) is 11.6 Å². The highest BCUT2D eigenvalue weighted by Crippen LogP contribution is 2.21. The van der Waals surface area contributed by atoms with E-state index >= 15 is 0 Å². The molecule has 2 aromatic heterocycles. The molecule has 1 saturated heterocycles. The molecule has 10 nitrogen and oxygen atoms in total. The molecular formula is C20H21N7O3. The van der Waals surface area contributed by atoms with Crippen LogP contribution in [0, 0.1) is 24.0 Å². The molecule has 1 aliphatic heterocycles. The Morgan fingerprint density at radius 3 is 2.27 bits per heavy atom. The molecule has 3 aromatic rings. The van der Waals surface area contributed by atoms with Crippen LogP contribution in [-0.2, 0) is 0 Å². The topological polar surface area (TPSA) is 110 Å². The summed E-state index contributed by atoms with van der Waals surface area (Å²) in [5.41, 5.74) is 1.84. The van der Waals surface area contributed by atoms with E-state index in [0.717, 1.165) is 17.2 Å². The van der Waals surface area contributed by atoms with Crippen molar-refractivity contribution in [2.24, 2.45) is 0 Å². The van der Waals surface area contributed by atoms with E-state index in [1.807, 2.05) is 36.9 Å². The Morgan fingerprint density at radius 1 is 1.00 bits per heavy atom. The van der Waals surface area contributed by atoms with Crippen LogP contribution >= 0.6 is 0 Å². The summed E-state index contributed by atoms with van der Waals surface area (Å²) < 4.78 is 1.75. The number of amides is 1. The molecule has 0 bridgehead atoms. The Balaban J connectivity index is 1.43. The van der Waals surface area contributed by atoms with E-state index in [1.54, 1.807) is 21.7 Å². The molecule has 0 atom stereocenters. The Hall–Kier alpha value is -3.82. The second-order valence-electron chi connectivity index (χ2n) is 7.14. The Bertz CT molecular complexity index is 1090. The SMILES string of the molecule is Cc1cc(C)n(-c2ccc(N3CCN(C(=O)c4ccccc4[N+](=O)[O-])CC3)nn2)n1. The molecule has 1 fully saturated rings. The highest BCUT2D eigenvalue weighted by atomic mass is 16.6. The molecule has 0 unspecified atom stereocenters. The number of hydrogen-bond acceptors (Lipinski definition) is 7. The summed E-state index contributed by atoms with van der Waals surface area (Å²) in [7, 11) is 0. The maximum atomic E-state index is 12.8. The number of anilines is 1. The van der Waals surface area contributed by atoms with Gasteiger partial charge in [0.2, 0.25) is 0 Å². The average Bonchev–Trinajstić information content (AvgIpc) is 3.11. The fourth-order valence-electron chi connectivity index (χ4n) is 3.58. The van der Waals surface area contributed by atoms with Crippen molar-refractivity contribution in [1.82, 2.24) is 24.9 Å². The van der Waals surface area contributed by atoms with E-state index in [4.69, 9.17) is 0 Å². The fourth-order valence-corrected chi connectivity index (χ4v) is 3.58. The number of carbonyl (C=O) groups excluding carboxylic acids is 1. The van der Waals surface area contributed by atoms with Crippen LogP contribution in [0.2, 0.25) is 0 Å². The van der Waals surface area contributed by atoms with Crippen LogP contribution in [0.15, 0.2) is 42.5 Å². The number of nitro benzene ring substituents is 1. The number of aryl methyl sites for hydroxylation is 2. The summed E-state index contributed by atoms with van der Waals surface area (Å²) in [6.07, 6.45) is 0. The van der Waals surface area contributed by atoms with Gasteiger partial charge in [-0.3, -0.25) is 14.9 Å². The third-order valence-electron chi connectivity index (χ3n) is 5.09. The number of nitro groups is 1. The van der Waals surface area contributed by atoms with E-state index < -0.39 is 4.92 Å². The quantitative estimate of drug-likeness (QED) is 0.481. The van der Waals surface area contributed by atoms with Gasteiger partial charge in [-0.15, -0.1) is 10.2 Å². The van der Waals surface area contributed by atoms with Crippen molar-refractivity contribution >= 4 is 17.4 Å². The maximum Gasteiger partial charge on any atom is 0.282 e. The number of rotatable bonds is 4. The second kappa shape index (κ2) is 7.90. The van der Waals surface area contributed by atoms with Crippen LogP contribution < -0.4 is 4.90 Å². The smallest absolute Gasteiger partial charge is 0.282 e. The molecule has 1 amide bonds. The van der Waals surface area contributed by atoms with Crippen molar-refractivity contribution in [3.05, 3.63) is 69.5 Å². The number of piperazine rings is 1. The minimum Gasteiger partial charge on any atom is -0.352 e. The van der Waals surface area contributed by atoms with E-state index in [0.29, 0.717) is 32.0 Å². The first kappa shape index (κ1) is 19.5. The molecule has 0 spiro atoms. The van der Waals surface area contributed by atoms with Crippen molar-refractivity contribution in [3.8, 4) is 5.82 Å². The zero-order chi connectivity index (χ0) is 21.3. The van der Waals surface area contributed by atoms with Crippen LogP contribution in [0.4, 0.5) is 11.5 Å². The fraction of sp³-hybridized carbons (Fsp3) is 0.300. The molecule has 0 N–H and O–H groups in total. The van der Waals surface area contributed by atoms with Crippen molar-refractivity contribution in [2.75, 3.05) is 31.1 Å². The number of para-hydroxylation sites is 1. The standard InChI is InChI=1S/C20H21N7O3/c1-14-13-15(2)26(23-14)19-8-7-18(21-22-19)24-9-11-25(12-10-24)20(28)16-5-3-4-6-17(16)27(29)30/h3-8,13H,9-12H2,1-2H3. The molecule has 1 aliphatic rings. The van der Waals surface area contributed by atoms with Crippen molar-refractivity contribution < 1.29 is 9.72 Å². The van der Waals surface area contributed by atoms with Crippen molar-refractivity contribution in [3.63, 3.8) is 0 Å². The highest BCUT2D eigenvalue weighted by Gasteiger charge is 2.27.